The zero-order chi connectivity index (χ0) is 13.3. The molecule has 4 heteroatoms. The van der Waals surface area contributed by atoms with Crippen LogP contribution in [0.5, 0.6) is 0 Å². The van der Waals surface area contributed by atoms with Gasteiger partial charge in [-0.1, -0.05) is 12.8 Å². The molecule has 1 saturated heterocycles. The van der Waals surface area contributed by atoms with Crippen molar-refractivity contribution < 1.29 is 0 Å². The van der Waals surface area contributed by atoms with E-state index in [9.17, 15) is 0 Å². The van der Waals surface area contributed by atoms with E-state index in [0.717, 1.165) is 31.5 Å². The van der Waals surface area contributed by atoms with E-state index in [0.29, 0.717) is 0 Å². The summed E-state index contributed by atoms with van der Waals surface area (Å²) in [5.41, 5.74) is 10.2. The number of nitrogens with zero attached hydrogens (tertiary/aromatic N) is 2. The summed E-state index contributed by atoms with van der Waals surface area (Å²) in [4.78, 5) is 2.40. The number of nitrogens with one attached hydrogen (secondary N) is 1. The third-order valence-electron chi connectivity index (χ3n) is 5.46. The molecular formula is C15H30N4. The SMILES string of the molecule is CN1CCN(NC2(CN)CCCC(C3CC3)C2)CC1. The normalized spacial score (nSPS) is 38.5. The molecule has 2 unspecified atom stereocenters. The smallest absolute Gasteiger partial charge is 0.0450 e. The second kappa shape index (κ2) is 5.68. The fraction of sp³-hybridized carbons (Fsp3) is 1.00. The number of piperazine rings is 1. The van der Waals surface area contributed by atoms with Gasteiger partial charge in [0.2, 0.25) is 0 Å². The van der Waals surface area contributed by atoms with Gasteiger partial charge in [-0.2, -0.15) is 0 Å². The standard InChI is InChI=1S/C15H30N4/c1-18-7-9-19(10-8-18)17-15(12-16)6-2-3-14(11-15)13-4-5-13/h13-14,17H,2-12,16H2,1H3. The van der Waals surface area contributed by atoms with E-state index in [1.165, 1.54) is 51.6 Å². The van der Waals surface area contributed by atoms with Crippen LogP contribution in [0.25, 0.3) is 0 Å². The number of likely N-dealkylation sites (N-methyl/N-ethyl adjacent to an activating group) is 1. The van der Waals surface area contributed by atoms with Gasteiger partial charge in [-0.25, -0.2) is 10.4 Å². The van der Waals surface area contributed by atoms with Gasteiger partial charge in [-0.15, -0.1) is 0 Å². The highest BCUT2D eigenvalue weighted by Crippen LogP contribution is 2.46. The van der Waals surface area contributed by atoms with Gasteiger partial charge in [0.05, 0.1) is 0 Å². The van der Waals surface area contributed by atoms with Crippen molar-refractivity contribution in [3.8, 4) is 0 Å². The summed E-state index contributed by atoms with van der Waals surface area (Å²) in [6.07, 6.45) is 8.31. The molecule has 0 bridgehead atoms. The Balaban J connectivity index is 1.58. The predicted octanol–water partition coefficient (Wildman–Crippen LogP) is 1.04. The minimum Gasteiger partial charge on any atom is -0.329 e. The average Bonchev–Trinajstić information content (AvgIpc) is 3.26. The molecule has 4 nitrogen and oxygen atoms in total. The number of hydrogen-bond acceptors (Lipinski definition) is 4. The molecule has 3 aliphatic rings. The minimum absolute atomic E-state index is 0.196. The molecule has 19 heavy (non-hydrogen) atoms. The lowest BCUT2D eigenvalue weighted by Gasteiger charge is -2.46. The average molecular weight is 266 g/mol. The van der Waals surface area contributed by atoms with Crippen LogP contribution in [0.15, 0.2) is 0 Å². The van der Waals surface area contributed by atoms with Crippen molar-refractivity contribution in [2.45, 2.75) is 44.1 Å². The minimum atomic E-state index is 0.196. The summed E-state index contributed by atoms with van der Waals surface area (Å²) in [7, 11) is 2.21. The number of hydrazine groups is 1. The molecule has 0 radical (unpaired) electrons. The molecule has 0 amide bonds. The largest absolute Gasteiger partial charge is 0.329 e. The molecule has 3 rings (SSSR count). The topological polar surface area (TPSA) is 44.5 Å². The van der Waals surface area contributed by atoms with Gasteiger partial charge >= 0.3 is 0 Å². The molecule has 2 aliphatic carbocycles. The maximum atomic E-state index is 6.17. The fourth-order valence-electron chi connectivity index (χ4n) is 3.96. The Hall–Kier alpha value is -0.160. The third kappa shape index (κ3) is 3.30. The number of rotatable bonds is 4. The van der Waals surface area contributed by atoms with Crippen LogP contribution in [0.4, 0.5) is 0 Å². The summed E-state index contributed by atoms with van der Waals surface area (Å²) >= 11 is 0. The Morgan fingerprint density at radius 3 is 2.47 bits per heavy atom. The Morgan fingerprint density at radius 2 is 1.84 bits per heavy atom. The van der Waals surface area contributed by atoms with E-state index in [1.54, 1.807) is 0 Å². The fourth-order valence-corrected chi connectivity index (χ4v) is 3.96. The van der Waals surface area contributed by atoms with Crippen LogP contribution in [-0.2, 0) is 0 Å². The van der Waals surface area contributed by atoms with E-state index in [1.807, 2.05) is 0 Å². The van der Waals surface area contributed by atoms with Crippen LogP contribution in [0, 0.1) is 11.8 Å². The van der Waals surface area contributed by atoms with Gasteiger partial charge in [0, 0.05) is 38.3 Å². The van der Waals surface area contributed by atoms with Gasteiger partial charge < -0.3 is 10.6 Å². The van der Waals surface area contributed by atoms with Crippen LogP contribution >= 0.6 is 0 Å². The molecule has 3 N–H and O–H groups in total. The van der Waals surface area contributed by atoms with Crippen molar-refractivity contribution in [3.05, 3.63) is 0 Å². The van der Waals surface area contributed by atoms with E-state index < -0.39 is 0 Å². The zero-order valence-electron chi connectivity index (χ0n) is 12.4. The van der Waals surface area contributed by atoms with Gasteiger partial charge in [0.1, 0.15) is 0 Å². The van der Waals surface area contributed by atoms with E-state index in [2.05, 4.69) is 22.4 Å². The molecule has 2 saturated carbocycles. The lowest BCUT2D eigenvalue weighted by molar-refractivity contribution is 0.0263. The van der Waals surface area contributed by atoms with Crippen LogP contribution in [0.2, 0.25) is 0 Å². The van der Waals surface area contributed by atoms with Crippen LogP contribution in [0.3, 0.4) is 0 Å². The Morgan fingerprint density at radius 1 is 1.11 bits per heavy atom. The van der Waals surface area contributed by atoms with Crippen molar-refractivity contribution >= 4 is 0 Å². The molecule has 0 spiro atoms. The summed E-state index contributed by atoms with van der Waals surface area (Å²) in [6, 6.07) is 0. The van der Waals surface area contributed by atoms with E-state index in [-0.39, 0.29) is 5.54 Å². The van der Waals surface area contributed by atoms with Crippen LogP contribution in [0.1, 0.15) is 38.5 Å². The maximum Gasteiger partial charge on any atom is 0.0450 e. The molecule has 0 aromatic carbocycles. The highest BCUT2D eigenvalue weighted by molar-refractivity contribution is 4.98. The first-order valence-corrected chi connectivity index (χ1v) is 8.12. The highest BCUT2D eigenvalue weighted by atomic mass is 15.5. The number of hydrogen-bond donors (Lipinski definition) is 2. The van der Waals surface area contributed by atoms with E-state index in [4.69, 9.17) is 5.73 Å². The predicted molar refractivity (Wildman–Crippen MR) is 78.7 cm³/mol. The second-order valence-electron chi connectivity index (χ2n) is 7.08. The third-order valence-corrected chi connectivity index (χ3v) is 5.46. The molecule has 3 fully saturated rings. The quantitative estimate of drug-likeness (QED) is 0.798. The molecule has 0 aromatic rings. The molecule has 0 aromatic heterocycles. The lowest BCUT2D eigenvalue weighted by atomic mass is 9.74. The highest BCUT2D eigenvalue weighted by Gasteiger charge is 2.42. The summed E-state index contributed by atoms with van der Waals surface area (Å²) in [5.74, 6) is 1.97. The van der Waals surface area contributed by atoms with Gasteiger partial charge in [0.15, 0.2) is 0 Å². The number of nitrogens with two attached hydrogens (primary N) is 1. The first-order valence-electron chi connectivity index (χ1n) is 8.12. The maximum absolute atomic E-state index is 6.17. The zero-order valence-corrected chi connectivity index (χ0v) is 12.4. The molecule has 1 heterocycles. The Bertz CT molecular complexity index is 297. The summed E-state index contributed by atoms with van der Waals surface area (Å²) in [6.45, 7) is 5.39. The van der Waals surface area contributed by atoms with Gasteiger partial charge in [0.25, 0.3) is 0 Å². The summed E-state index contributed by atoms with van der Waals surface area (Å²) < 4.78 is 0. The molecule has 1 aliphatic heterocycles. The van der Waals surface area contributed by atoms with Crippen molar-refractivity contribution in [2.24, 2.45) is 17.6 Å². The van der Waals surface area contributed by atoms with Gasteiger partial charge in [-0.3, -0.25) is 0 Å². The Kier molecular flexibility index (Phi) is 4.13. The first-order chi connectivity index (χ1) is 9.21. The molecular weight excluding hydrogens is 236 g/mol. The molecule has 2 atom stereocenters. The monoisotopic (exact) mass is 266 g/mol. The van der Waals surface area contributed by atoms with Crippen molar-refractivity contribution in [2.75, 3.05) is 39.8 Å². The van der Waals surface area contributed by atoms with E-state index >= 15 is 0 Å². The van der Waals surface area contributed by atoms with Crippen molar-refractivity contribution in [1.29, 1.82) is 0 Å². The first kappa shape index (κ1) is 13.8. The second-order valence-corrected chi connectivity index (χ2v) is 7.08. The Labute approximate surface area is 117 Å². The van der Waals surface area contributed by atoms with Crippen molar-refractivity contribution in [3.63, 3.8) is 0 Å². The lowest BCUT2D eigenvalue weighted by Crippen LogP contribution is -2.63. The van der Waals surface area contributed by atoms with Crippen molar-refractivity contribution in [1.82, 2.24) is 15.3 Å². The van der Waals surface area contributed by atoms with Crippen LogP contribution in [-0.4, -0.2) is 55.2 Å². The van der Waals surface area contributed by atoms with Crippen LogP contribution < -0.4 is 11.2 Å². The molecule has 110 valence electrons. The van der Waals surface area contributed by atoms with Gasteiger partial charge in [-0.05, 0) is 44.6 Å². The summed E-state index contributed by atoms with van der Waals surface area (Å²) in [5, 5.41) is 2.43.